The zero-order valence-corrected chi connectivity index (χ0v) is 18.7. The molecule has 1 heterocycles. The summed E-state index contributed by atoms with van der Waals surface area (Å²) in [5, 5.41) is 13.3. The summed E-state index contributed by atoms with van der Waals surface area (Å²) in [7, 11) is 0. The van der Waals surface area contributed by atoms with Gasteiger partial charge in [0.2, 0.25) is 0 Å². The van der Waals surface area contributed by atoms with Crippen LogP contribution in [0.3, 0.4) is 0 Å². The Labute approximate surface area is 181 Å². The van der Waals surface area contributed by atoms with E-state index in [1.54, 1.807) is 17.1 Å². The Kier molecular flexibility index (Phi) is 5.28. The largest absolute Gasteiger partial charge is 0.297 e. The normalized spacial score (nSPS) is 43.0. The van der Waals surface area contributed by atoms with E-state index >= 15 is 0 Å². The molecule has 4 fully saturated rings. The van der Waals surface area contributed by atoms with E-state index in [0.29, 0.717) is 17.9 Å². The molecule has 8 unspecified atom stereocenters. The minimum Gasteiger partial charge on any atom is -0.297 e. The SMILES string of the molecule is CC1CCC2C(CCC3C2CCC2(C)C(C(=O)Cn4cc(C#N)cn4)CCCC32)C1. The lowest BCUT2D eigenvalue weighted by Gasteiger charge is -2.60. The van der Waals surface area contributed by atoms with Crippen molar-refractivity contribution in [3.63, 3.8) is 0 Å². The maximum atomic E-state index is 13.4. The van der Waals surface area contributed by atoms with Crippen molar-refractivity contribution < 1.29 is 4.79 Å². The topological polar surface area (TPSA) is 58.7 Å². The lowest BCUT2D eigenvalue weighted by Crippen LogP contribution is -2.54. The molecule has 4 nitrogen and oxygen atoms in total. The van der Waals surface area contributed by atoms with Gasteiger partial charge in [-0.25, -0.2) is 0 Å². The van der Waals surface area contributed by atoms with Gasteiger partial charge in [0.25, 0.3) is 0 Å². The number of nitriles is 1. The Hall–Kier alpha value is -1.63. The molecule has 1 aromatic heterocycles. The minimum atomic E-state index is 0.163. The van der Waals surface area contributed by atoms with Crippen molar-refractivity contribution >= 4 is 5.78 Å². The number of aromatic nitrogens is 2. The highest BCUT2D eigenvalue weighted by atomic mass is 16.1. The quantitative estimate of drug-likeness (QED) is 0.653. The van der Waals surface area contributed by atoms with Gasteiger partial charge in [0.15, 0.2) is 5.78 Å². The predicted molar refractivity (Wildman–Crippen MR) is 116 cm³/mol. The summed E-state index contributed by atoms with van der Waals surface area (Å²) in [5.41, 5.74) is 0.700. The number of carbonyl (C=O) groups excluding carboxylic acids is 1. The first-order valence-electron chi connectivity index (χ1n) is 12.4. The molecule has 5 rings (SSSR count). The molecule has 162 valence electrons. The average Bonchev–Trinajstić information content (AvgIpc) is 3.19. The van der Waals surface area contributed by atoms with E-state index in [2.05, 4.69) is 25.0 Å². The molecular weight excluding hydrogens is 370 g/mol. The Morgan fingerprint density at radius 2 is 2.00 bits per heavy atom. The minimum absolute atomic E-state index is 0.163. The van der Waals surface area contributed by atoms with Crippen molar-refractivity contribution in [2.24, 2.45) is 46.8 Å². The van der Waals surface area contributed by atoms with E-state index < -0.39 is 0 Å². The summed E-state index contributed by atoms with van der Waals surface area (Å²) < 4.78 is 1.67. The monoisotopic (exact) mass is 407 g/mol. The van der Waals surface area contributed by atoms with E-state index in [-0.39, 0.29) is 11.3 Å². The summed E-state index contributed by atoms with van der Waals surface area (Å²) in [5.74, 6) is 5.88. The van der Waals surface area contributed by atoms with Gasteiger partial charge in [-0.05, 0) is 92.3 Å². The third-order valence-electron chi connectivity index (χ3n) is 9.93. The fourth-order valence-electron chi connectivity index (χ4n) is 8.59. The van der Waals surface area contributed by atoms with Crippen molar-refractivity contribution in [2.75, 3.05) is 0 Å². The van der Waals surface area contributed by atoms with Crippen LogP contribution in [0, 0.1) is 58.2 Å². The van der Waals surface area contributed by atoms with Crippen LogP contribution in [-0.2, 0) is 11.3 Å². The van der Waals surface area contributed by atoms with Crippen molar-refractivity contribution in [3.8, 4) is 6.07 Å². The molecule has 0 bridgehead atoms. The van der Waals surface area contributed by atoms with Gasteiger partial charge in [0.05, 0.1) is 18.3 Å². The maximum Gasteiger partial charge on any atom is 0.157 e. The van der Waals surface area contributed by atoms with Crippen molar-refractivity contribution in [2.45, 2.75) is 84.6 Å². The second-order valence-electron chi connectivity index (χ2n) is 11.4. The molecular formula is C26H37N3O. The molecule has 0 amide bonds. The molecule has 8 atom stereocenters. The predicted octanol–water partition coefficient (Wildman–Crippen LogP) is 5.62. The van der Waals surface area contributed by atoms with E-state index in [1.807, 2.05) is 0 Å². The highest BCUT2D eigenvalue weighted by molar-refractivity contribution is 5.81. The molecule has 0 aliphatic heterocycles. The zero-order chi connectivity index (χ0) is 20.9. The molecule has 1 aromatic rings. The molecule has 30 heavy (non-hydrogen) atoms. The maximum absolute atomic E-state index is 13.4. The van der Waals surface area contributed by atoms with Crippen LogP contribution in [0.5, 0.6) is 0 Å². The van der Waals surface area contributed by atoms with Crippen LogP contribution >= 0.6 is 0 Å². The van der Waals surface area contributed by atoms with Gasteiger partial charge in [-0.15, -0.1) is 0 Å². The van der Waals surface area contributed by atoms with Crippen LogP contribution in [-0.4, -0.2) is 15.6 Å². The first kappa shape index (κ1) is 20.3. The summed E-state index contributed by atoms with van der Waals surface area (Å²) in [6.07, 6.45) is 16.6. The van der Waals surface area contributed by atoms with Crippen LogP contribution in [0.1, 0.15) is 83.6 Å². The fraction of sp³-hybridized carbons (Fsp3) is 0.808. The lowest BCUT2D eigenvalue weighted by molar-refractivity contribution is -0.144. The number of rotatable bonds is 3. The van der Waals surface area contributed by atoms with Crippen molar-refractivity contribution in [3.05, 3.63) is 18.0 Å². The molecule has 4 aliphatic carbocycles. The first-order valence-corrected chi connectivity index (χ1v) is 12.4. The Balaban J connectivity index is 1.33. The van der Waals surface area contributed by atoms with Gasteiger partial charge < -0.3 is 0 Å². The van der Waals surface area contributed by atoms with Gasteiger partial charge >= 0.3 is 0 Å². The summed E-state index contributed by atoms with van der Waals surface area (Å²) >= 11 is 0. The number of Topliss-reactive ketones (excluding diaryl/α,β-unsaturated/α-hetero) is 1. The van der Waals surface area contributed by atoms with E-state index in [9.17, 15) is 4.79 Å². The van der Waals surface area contributed by atoms with Gasteiger partial charge in [0.1, 0.15) is 6.07 Å². The number of fused-ring (bicyclic) bond motifs is 5. The molecule has 0 spiro atoms. The average molecular weight is 408 g/mol. The first-order chi connectivity index (χ1) is 14.5. The molecule has 0 saturated heterocycles. The lowest BCUT2D eigenvalue weighted by atomic mass is 9.44. The summed E-state index contributed by atoms with van der Waals surface area (Å²) in [4.78, 5) is 13.4. The smallest absolute Gasteiger partial charge is 0.157 e. The van der Waals surface area contributed by atoms with Gasteiger partial charge in [-0.1, -0.05) is 26.7 Å². The van der Waals surface area contributed by atoms with Crippen molar-refractivity contribution in [1.29, 1.82) is 5.26 Å². The van der Waals surface area contributed by atoms with E-state index in [1.165, 1.54) is 57.8 Å². The Morgan fingerprint density at radius 1 is 1.17 bits per heavy atom. The number of carbonyl (C=O) groups is 1. The number of nitrogens with zero attached hydrogens (tertiary/aromatic N) is 3. The third kappa shape index (κ3) is 3.33. The van der Waals surface area contributed by atoms with Crippen LogP contribution in [0.25, 0.3) is 0 Å². The van der Waals surface area contributed by atoms with Crippen molar-refractivity contribution in [1.82, 2.24) is 9.78 Å². The second-order valence-corrected chi connectivity index (χ2v) is 11.4. The fourth-order valence-corrected chi connectivity index (χ4v) is 8.59. The molecule has 0 N–H and O–H groups in total. The highest BCUT2D eigenvalue weighted by Crippen LogP contribution is 2.63. The number of hydrogen-bond acceptors (Lipinski definition) is 3. The summed E-state index contributed by atoms with van der Waals surface area (Å²) in [6.45, 7) is 5.23. The van der Waals surface area contributed by atoms with Gasteiger partial charge in [-0.2, -0.15) is 10.4 Å². The second kappa shape index (κ2) is 7.81. The summed E-state index contributed by atoms with van der Waals surface area (Å²) in [6, 6.07) is 2.11. The molecule has 0 radical (unpaired) electrons. The van der Waals surface area contributed by atoms with Crippen LogP contribution in [0.4, 0.5) is 0 Å². The zero-order valence-electron chi connectivity index (χ0n) is 18.7. The van der Waals surface area contributed by atoms with E-state index in [0.717, 1.165) is 41.9 Å². The molecule has 4 saturated carbocycles. The Bertz CT molecular complexity index is 838. The van der Waals surface area contributed by atoms with Crippen LogP contribution in [0.2, 0.25) is 0 Å². The Morgan fingerprint density at radius 3 is 2.80 bits per heavy atom. The van der Waals surface area contributed by atoms with Gasteiger partial charge in [0, 0.05) is 12.1 Å². The number of hydrogen-bond donors (Lipinski definition) is 0. The van der Waals surface area contributed by atoms with E-state index in [4.69, 9.17) is 5.26 Å². The standard InChI is InChI=1S/C26H37N3O/c1-17-6-8-20-19(12-17)7-9-22-21(20)10-11-26(2)23(22)4-3-5-24(26)25(30)16-29-15-18(13-27)14-28-29/h14-15,17,19-24H,3-12,16H2,1-2H3. The number of ketones is 1. The highest BCUT2D eigenvalue weighted by Gasteiger charge is 2.56. The van der Waals surface area contributed by atoms with Crippen LogP contribution in [0.15, 0.2) is 12.4 Å². The van der Waals surface area contributed by atoms with Crippen LogP contribution < -0.4 is 0 Å². The third-order valence-corrected chi connectivity index (χ3v) is 9.93. The molecule has 4 aliphatic rings. The van der Waals surface area contributed by atoms with Gasteiger partial charge in [-0.3, -0.25) is 9.48 Å². The molecule has 4 heteroatoms. The molecule has 0 aromatic carbocycles.